The van der Waals surface area contributed by atoms with Crippen LogP contribution >= 0.6 is 0 Å². The Morgan fingerprint density at radius 1 is 1.14 bits per heavy atom. The molecule has 1 saturated heterocycles. The van der Waals surface area contributed by atoms with Gasteiger partial charge in [0.2, 0.25) is 0 Å². The van der Waals surface area contributed by atoms with Crippen LogP contribution in [0.1, 0.15) is 49.2 Å². The van der Waals surface area contributed by atoms with Crippen LogP contribution in [0.25, 0.3) is 16.6 Å². The van der Waals surface area contributed by atoms with E-state index in [0.29, 0.717) is 23.3 Å². The third kappa shape index (κ3) is 4.48. The highest BCUT2D eigenvalue weighted by Crippen LogP contribution is 2.37. The molecule has 36 heavy (non-hydrogen) atoms. The van der Waals surface area contributed by atoms with Crippen LogP contribution in [0.3, 0.4) is 0 Å². The Morgan fingerprint density at radius 3 is 2.67 bits per heavy atom. The molecule has 10 heteroatoms. The van der Waals surface area contributed by atoms with Gasteiger partial charge in [0.15, 0.2) is 11.5 Å². The average Bonchev–Trinajstić information content (AvgIpc) is 3.19. The normalized spacial score (nSPS) is 17.5. The van der Waals surface area contributed by atoms with E-state index >= 15 is 0 Å². The fourth-order valence-electron chi connectivity index (χ4n) is 4.89. The van der Waals surface area contributed by atoms with E-state index in [9.17, 15) is 14.3 Å². The second-order valence-electron chi connectivity index (χ2n) is 9.37. The summed E-state index contributed by atoms with van der Waals surface area (Å²) in [5.41, 5.74) is 2.45. The minimum atomic E-state index is -0.557. The molecule has 4 aromatic rings. The first kappa shape index (κ1) is 24.1. The fourth-order valence-corrected chi connectivity index (χ4v) is 4.89. The van der Waals surface area contributed by atoms with Crippen molar-refractivity contribution in [1.29, 1.82) is 0 Å². The lowest BCUT2D eigenvalue weighted by Gasteiger charge is -2.21. The summed E-state index contributed by atoms with van der Waals surface area (Å²) in [5.74, 6) is -1.26. The Hall–Kier alpha value is -3.66. The lowest BCUT2D eigenvalue weighted by atomic mass is 10.1. The van der Waals surface area contributed by atoms with Gasteiger partial charge in [-0.05, 0) is 26.2 Å². The molecule has 1 aliphatic carbocycles. The average molecular weight is 494 g/mol. The van der Waals surface area contributed by atoms with E-state index < -0.39 is 11.7 Å². The van der Waals surface area contributed by atoms with Crippen LogP contribution < -0.4 is 15.5 Å². The quantitative estimate of drug-likeness (QED) is 0.389. The molecule has 3 N–H and O–H groups in total. The number of aromatic nitrogens is 4. The summed E-state index contributed by atoms with van der Waals surface area (Å²) in [6.07, 6.45) is 8.65. The van der Waals surface area contributed by atoms with E-state index in [0.717, 1.165) is 30.6 Å². The fraction of sp³-hybridized carbons (Fsp3) is 0.423. The Bertz CT molecular complexity index is 1440. The Balaban J connectivity index is 0.00000130. The van der Waals surface area contributed by atoms with Crippen molar-refractivity contribution in [2.24, 2.45) is 7.05 Å². The van der Waals surface area contributed by atoms with Crippen molar-refractivity contribution in [3.05, 3.63) is 47.8 Å². The molecule has 0 spiro atoms. The maximum Gasteiger partial charge on any atom is 0.261 e. The van der Waals surface area contributed by atoms with Gasteiger partial charge in [0.05, 0.1) is 17.1 Å². The molecule has 1 aliphatic heterocycles. The first-order chi connectivity index (χ1) is 17.4. The maximum atomic E-state index is 14.5. The molecule has 2 fully saturated rings. The minimum absolute atomic E-state index is 0.0634. The molecule has 0 bridgehead atoms. The van der Waals surface area contributed by atoms with Gasteiger partial charge >= 0.3 is 0 Å². The molecule has 1 aromatic carbocycles. The van der Waals surface area contributed by atoms with E-state index in [1.165, 1.54) is 23.3 Å². The number of benzene rings is 1. The summed E-state index contributed by atoms with van der Waals surface area (Å²) in [7, 11) is 1.79. The summed E-state index contributed by atoms with van der Waals surface area (Å²) in [5, 5.41) is 22.6. The number of rotatable bonds is 5. The summed E-state index contributed by atoms with van der Waals surface area (Å²) in [6, 6.07) is 3.92. The summed E-state index contributed by atoms with van der Waals surface area (Å²) >= 11 is 0. The van der Waals surface area contributed by atoms with Crippen molar-refractivity contribution >= 4 is 33.8 Å². The zero-order valence-corrected chi connectivity index (χ0v) is 21.0. The Morgan fingerprint density at radius 2 is 1.92 bits per heavy atom. The molecule has 190 valence electrons. The summed E-state index contributed by atoms with van der Waals surface area (Å²) in [4.78, 5) is 19.6. The second kappa shape index (κ2) is 9.42. The molecule has 0 radical (unpaired) electrons. The molecule has 1 unspecified atom stereocenters. The van der Waals surface area contributed by atoms with Crippen LogP contribution in [0, 0.1) is 12.7 Å². The number of phenols is 1. The second-order valence-corrected chi connectivity index (χ2v) is 9.37. The van der Waals surface area contributed by atoms with Gasteiger partial charge in [-0.1, -0.05) is 13.8 Å². The zero-order chi connectivity index (χ0) is 25.6. The number of hydrogen-bond acceptors (Lipinski definition) is 6. The van der Waals surface area contributed by atoms with Gasteiger partial charge in [-0.3, -0.25) is 9.48 Å². The van der Waals surface area contributed by atoms with Crippen LogP contribution in [0.15, 0.2) is 30.7 Å². The number of nitrogens with one attached hydrogen (secondary N) is 2. The van der Waals surface area contributed by atoms with Crippen molar-refractivity contribution in [3.8, 4) is 5.75 Å². The Kier molecular flexibility index (Phi) is 6.29. The van der Waals surface area contributed by atoms with Crippen LogP contribution in [0.5, 0.6) is 5.75 Å². The van der Waals surface area contributed by atoms with Crippen LogP contribution in [0.4, 0.5) is 15.8 Å². The molecule has 4 heterocycles. The number of hydrogen-bond donors (Lipinski definition) is 3. The number of carbonyl (C=O) groups is 1. The number of fused-ring (bicyclic) bond motifs is 2. The van der Waals surface area contributed by atoms with Gasteiger partial charge in [0, 0.05) is 68.3 Å². The third-order valence-electron chi connectivity index (χ3n) is 6.56. The lowest BCUT2D eigenvalue weighted by Crippen LogP contribution is -2.34. The molecule has 2 aliphatic rings. The zero-order valence-electron chi connectivity index (χ0n) is 21.0. The van der Waals surface area contributed by atoms with Crippen LogP contribution in [-0.4, -0.2) is 55.4 Å². The minimum Gasteiger partial charge on any atom is -0.507 e. The lowest BCUT2D eigenvalue weighted by molar-refractivity contribution is 0.102. The van der Waals surface area contributed by atoms with E-state index in [1.807, 2.05) is 20.0 Å². The molecular weight excluding hydrogens is 461 g/mol. The van der Waals surface area contributed by atoms with Crippen LogP contribution in [-0.2, 0) is 7.05 Å². The Labute approximate surface area is 208 Å². The largest absolute Gasteiger partial charge is 0.507 e. The molecule has 1 amide bonds. The predicted octanol–water partition coefficient (Wildman–Crippen LogP) is 3.98. The van der Waals surface area contributed by atoms with Gasteiger partial charge in [0.25, 0.3) is 5.91 Å². The van der Waals surface area contributed by atoms with Crippen LogP contribution in [0.2, 0.25) is 0 Å². The third-order valence-corrected chi connectivity index (χ3v) is 6.56. The van der Waals surface area contributed by atoms with Gasteiger partial charge < -0.3 is 25.0 Å². The summed E-state index contributed by atoms with van der Waals surface area (Å²) in [6.45, 7) is 7.48. The predicted molar refractivity (Wildman–Crippen MR) is 138 cm³/mol. The number of amides is 1. The highest BCUT2D eigenvalue weighted by molar-refractivity contribution is 6.16. The van der Waals surface area contributed by atoms with Crippen molar-refractivity contribution in [2.75, 3.05) is 23.3 Å². The standard InChI is InChI=1S/C24H26FN7O2.C2H6/c1-13-9-32-11-16(7-18(25)23(32)26-13)28-24(34)21-20(33)8-19(17-12-30(2)29-22(17)21)31-6-5-15(10-31)27-14-3-4-14;1-2/h7-9,11-12,14-15,27,33H,3-6,10H2,1-2H3,(H,28,34);1-2H3. The molecule has 9 nitrogen and oxygen atoms in total. The first-order valence-corrected chi connectivity index (χ1v) is 12.5. The molecule has 3 aromatic heterocycles. The van der Waals surface area contributed by atoms with Crippen molar-refractivity contribution in [2.45, 2.75) is 52.1 Å². The van der Waals surface area contributed by atoms with E-state index in [1.54, 1.807) is 37.1 Å². The van der Waals surface area contributed by atoms with E-state index in [4.69, 9.17) is 0 Å². The topological polar surface area (TPSA) is 99.7 Å². The molecule has 1 saturated carbocycles. The number of nitrogens with zero attached hydrogens (tertiary/aromatic N) is 5. The highest BCUT2D eigenvalue weighted by atomic mass is 19.1. The number of carbonyl (C=O) groups excluding carboxylic acids is 1. The van der Waals surface area contributed by atoms with Gasteiger partial charge in [-0.25, -0.2) is 9.37 Å². The number of anilines is 2. The summed E-state index contributed by atoms with van der Waals surface area (Å²) < 4.78 is 17.6. The number of pyridine rings is 1. The molecule has 1 atom stereocenters. The molecular formula is C26H32FN7O2. The van der Waals surface area contributed by atoms with E-state index in [-0.39, 0.29) is 22.6 Å². The number of phenolic OH excluding ortho intramolecular Hbond substituents is 1. The monoisotopic (exact) mass is 493 g/mol. The molecule has 6 rings (SSSR count). The SMILES string of the molecule is CC.Cc1cn2cc(NC(=O)c3c(O)cc(N4CCC(NC5CC5)C4)c4cn(C)nc34)cc(F)c2n1. The smallest absolute Gasteiger partial charge is 0.261 e. The number of aryl methyl sites for hydroxylation is 2. The van der Waals surface area contributed by atoms with Gasteiger partial charge in [-0.2, -0.15) is 5.10 Å². The maximum absolute atomic E-state index is 14.5. The van der Waals surface area contributed by atoms with Gasteiger partial charge in [-0.15, -0.1) is 0 Å². The van der Waals surface area contributed by atoms with Crippen molar-refractivity contribution in [1.82, 2.24) is 24.5 Å². The number of halogens is 1. The van der Waals surface area contributed by atoms with Crippen molar-refractivity contribution in [3.63, 3.8) is 0 Å². The first-order valence-electron chi connectivity index (χ1n) is 12.5. The highest BCUT2D eigenvalue weighted by Gasteiger charge is 2.31. The van der Waals surface area contributed by atoms with Gasteiger partial charge in [0.1, 0.15) is 16.8 Å². The van der Waals surface area contributed by atoms with E-state index in [2.05, 4.69) is 25.6 Å². The number of imidazole rings is 1. The number of aromatic hydroxyl groups is 1. The van der Waals surface area contributed by atoms with Crippen molar-refractivity contribution < 1.29 is 14.3 Å².